The molecule has 96 valence electrons. The lowest BCUT2D eigenvalue weighted by Gasteiger charge is -2.32. The van der Waals surface area contributed by atoms with Crippen molar-refractivity contribution in [3.05, 3.63) is 34.6 Å². The SMILES string of the molecule is CCC(CN)C(c1cc(Cl)ccc1F)N(C)C. The molecule has 0 fully saturated rings. The molecule has 4 heteroatoms. The second-order valence-electron chi connectivity index (χ2n) is 4.48. The minimum atomic E-state index is -0.222. The van der Waals surface area contributed by atoms with E-state index in [0.29, 0.717) is 17.1 Å². The van der Waals surface area contributed by atoms with Crippen LogP contribution in [0.1, 0.15) is 24.9 Å². The Bertz CT molecular complexity index is 364. The Balaban J connectivity index is 3.17. The minimum absolute atomic E-state index is 0.0382. The highest BCUT2D eigenvalue weighted by atomic mass is 35.5. The molecule has 0 saturated heterocycles. The van der Waals surface area contributed by atoms with E-state index in [1.54, 1.807) is 12.1 Å². The molecule has 2 unspecified atom stereocenters. The van der Waals surface area contributed by atoms with Crippen molar-refractivity contribution in [2.45, 2.75) is 19.4 Å². The standard InChI is InChI=1S/C13H20ClFN2/c1-4-9(8-16)13(17(2)3)11-7-10(14)5-6-12(11)15/h5-7,9,13H,4,8,16H2,1-3H3. The van der Waals surface area contributed by atoms with Gasteiger partial charge in [-0.2, -0.15) is 0 Å². The van der Waals surface area contributed by atoms with Crippen molar-refractivity contribution in [2.24, 2.45) is 11.7 Å². The summed E-state index contributed by atoms with van der Waals surface area (Å²) in [6.45, 7) is 2.60. The Morgan fingerprint density at radius 3 is 2.53 bits per heavy atom. The molecular weight excluding hydrogens is 239 g/mol. The van der Waals surface area contributed by atoms with Gasteiger partial charge in [0.15, 0.2) is 0 Å². The van der Waals surface area contributed by atoms with Crippen molar-refractivity contribution >= 4 is 11.6 Å². The van der Waals surface area contributed by atoms with E-state index in [1.165, 1.54) is 6.07 Å². The molecule has 17 heavy (non-hydrogen) atoms. The number of halogens is 2. The molecule has 0 amide bonds. The van der Waals surface area contributed by atoms with Crippen LogP contribution in [0.25, 0.3) is 0 Å². The Morgan fingerprint density at radius 1 is 1.41 bits per heavy atom. The second kappa shape index (κ2) is 6.34. The van der Waals surface area contributed by atoms with Crippen molar-refractivity contribution in [3.8, 4) is 0 Å². The molecule has 2 nitrogen and oxygen atoms in total. The van der Waals surface area contributed by atoms with Crippen LogP contribution in [-0.4, -0.2) is 25.5 Å². The minimum Gasteiger partial charge on any atom is -0.330 e. The van der Waals surface area contributed by atoms with Crippen molar-refractivity contribution < 1.29 is 4.39 Å². The van der Waals surface area contributed by atoms with Crippen molar-refractivity contribution in [1.82, 2.24) is 4.90 Å². The first kappa shape index (κ1) is 14.4. The molecule has 0 radical (unpaired) electrons. The molecule has 0 heterocycles. The first-order valence-electron chi connectivity index (χ1n) is 5.82. The average Bonchev–Trinajstić information content (AvgIpc) is 2.29. The monoisotopic (exact) mass is 258 g/mol. The zero-order chi connectivity index (χ0) is 13.0. The molecule has 2 atom stereocenters. The highest BCUT2D eigenvalue weighted by Crippen LogP contribution is 2.31. The van der Waals surface area contributed by atoms with Crippen molar-refractivity contribution in [3.63, 3.8) is 0 Å². The first-order chi connectivity index (χ1) is 8.01. The van der Waals surface area contributed by atoms with Crippen molar-refractivity contribution in [1.29, 1.82) is 0 Å². The summed E-state index contributed by atoms with van der Waals surface area (Å²) in [5.74, 6) is -0.00188. The molecule has 0 aliphatic carbocycles. The number of hydrogen-bond acceptors (Lipinski definition) is 2. The maximum atomic E-state index is 13.9. The van der Waals surface area contributed by atoms with E-state index in [9.17, 15) is 4.39 Å². The van der Waals surface area contributed by atoms with Gasteiger partial charge in [0.05, 0.1) is 0 Å². The third-order valence-electron chi connectivity index (χ3n) is 3.11. The molecule has 0 bridgehead atoms. The summed E-state index contributed by atoms with van der Waals surface area (Å²) in [5, 5.41) is 0.556. The summed E-state index contributed by atoms with van der Waals surface area (Å²) in [6, 6.07) is 4.64. The van der Waals surface area contributed by atoms with Gasteiger partial charge in [-0.15, -0.1) is 0 Å². The maximum Gasteiger partial charge on any atom is 0.128 e. The molecule has 1 aromatic carbocycles. The smallest absolute Gasteiger partial charge is 0.128 e. The topological polar surface area (TPSA) is 29.3 Å². The summed E-state index contributed by atoms with van der Waals surface area (Å²) in [6.07, 6.45) is 0.908. The number of nitrogens with two attached hydrogens (primary N) is 1. The van der Waals surface area contributed by atoms with Gasteiger partial charge in [0, 0.05) is 16.6 Å². The molecular formula is C13H20ClFN2. The third-order valence-corrected chi connectivity index (χ3v) is 3.34. The van der Waals surface area contributed by atoms with Crippen LogP contribution in [0, 0.1) is 11.7 Å². The Hall–Kier alpha value is -0.640. The van der Waals surface area contributed by atoms with E-state index in [4.69, 9.17) is 17.3 Å². The van der Waals surface area contributed by atoms with Crippen LogP contribution in [-0.2, 0) is 0 Å². The zero-order valence-corrected chi connectivity index (χ0v) is 11.3. The normalized spacial score (nSPS) is 15.0. The number of hydrogen-bond donors (Lipinski definition) is 1. The van der Waals surface area contributed by atoms with Gasteiger partial charge in [0.1, 0.15) is 5.82 Å². The van der Waals surface area contributed by atoms with Gasteiger partial charge in [-0.3, -0.25) is 0 Å². The zero-order valence-electron chi connectivity index (χ0n) is 10.6. The lowest BCUT2D eigenvalue weighted by atomic mass is 9.90. The lowest BCUT2D eigenvalue weighted by Crippen LogP contribution is -2.32. The molecule has 0 spiro atoms. The van der Waals surface area contributed by atoms with Gasteiger partial charge in [-0.05, 0) is 44.8 Å². The first-order valence-corrected chi connectivity index (χ1v) is 6.20. The fourth-order valence-corrected chi connectivity index (χ4v) is 2.39. The number of nitrogens with zero attached hydrogens (tertiary/aromatic N) is 1. The van der Waals surface area contributed by atoms with Gasteiger partial charge in [0.25, 0.3) is 0 Å². The number of rotatable bonds is 5. The van der Waals surface area contributed by atoms with Crippen LogP contribution in [0.4, 0.5) is 4.39 Å². The molecule has 1 rings (SSSR count). The predicted molar refractivity (Wildman–Crippen MR) is 70.7 cm³/mol. The summed E-state index contributed by atoms with van der Waals surface area (Å²) >= 11 is 5.94. The van der Waals surface area contributed by atoms with Crippen LogP contribution in [0.3, 0.4) is 0 Å². The van der Waals surface area contributed by atoms with Crippen LogP contribution >= 0.6 is 11.6 Å². The van der Waals surface area contributed by atoms with Gasteiger partial charge in [-0.1, -0.05) is 24.9 Å². The summed E-state index contributed by atoms with van der Waals surface area (Å²) < 4.78 is 13.9. The van der Waals surface area contributed by atoms with E-state index in [0.717, 1.165) is 6.42 Å². The van der Waals surface area contributed by atoms with E-state index < -0.39 is 0 Å². The summed E-state index contributed by atoms with van der Waals surface area (Å²) in [7, 11) is 3.87. The largest absolute Gasteiger partial charge is 0.330 e. The van der Waals surface area contributed by atoms with E-state index in [2.05, 4.69) is 6.92 Å². The quantitative estimate of drug-likeness (QED) is 0.880. The molecule has 2 N–H and O–H groups in total. The molecule has 1 aromatic rings. The fourth-order valence-electron chi connectivity index (χ4n) is 2.21. The van der Waals surface area contributed by atoms with E-state index >= 15 is 0 Å². The Kier molecular flexibility index (Phi) is 5.37. The van der Waals surface area contributed by atoms with Crippen molar-refractivity contribution in [2.75, 3.05) is 20.6 Å². The average molecular weight is 259 g/mol. The maximum absolute atomic E-state index is 13.9. The van der Waals surface area contributed by atoms with E-state index in [1.807, 2.05) is 19.0 Å². The summed E-state index contributed by atoms with van der Waals surface area (Å²) in [5.41, 5.74) is 6.39. The van der Waals surface area contributed by atoms with E-state index in [-0.39, 0.29) is 17.8 Å². The van der Waals surface area contributed by atoms with Gasteiger partial charge in [-0.25, -0.2) is 4.39 Å². The van der Waals surface area contributed by atoms with Crippen LogP contribution in [0.5, 0.6) is 0 Å². The molecule has 0 aromatic heterocycles. The predicted octanol–water partition coefficient (Wildman–Crippen LogP) is 3.07. The van der Waals surface area contributed by atoms with Crippen LogP contribution < -0.4 is 5.73 Å². The Labute approximate surface area is 108 Å². The molecule has 0 aliphatic heterocycles. The van der Waals surface area contributed by atoms with Crippen LogP contribution in [0.2, 0.25) is 5.02 Å². The Morgan fingerprint density at radius 2 is 2.06 bits per heavy atom. The third kappa shape index (κ3) is 3.41. The molecule has 0 saturated carbocycles. The second-order valence-corrected chi connectivity index (χ2v) is 4.91. The number of benzene rings is 1. The highest BCUT2D eigenvalue weighted by molar-refractivity contribution is 6.30. The highest BCUT2D eigenvalue weighted by Gasteiger charge is 2.25. The molecule has 0 aliphatic rings. The van der Waals surface area contributed by atoms with Gasteiger partial charge in [0.2, 0.25) is 0 Å². The fraction of sp³-hybridized carbons (Fsp3) is 0.538. The summed E-state index contributed by atoms with van der Waals surface area (Å²) in [4.78, 5) is 2.00. The van der Waals surface area contributed by atoms with Gasteiger partial charge < -0.3 is 10.6 Å². The van der Waals surface area contributed by atoms with Gasteiger partial charge >= 0.3 is 0 Å². The van der Waals surface area contributed by atoms with Crippen LogP contribution in [0.15, 0.2) is 18.2 Å². The lowest BCUT2D eigenvalue weighted by molar-refractivity contribution is 0.206.